The van der Waals surface area contributed by atoms with Crippen molar-refractivity contribution in [3.05, 3.63) is 40.0 Å². The summed E-state index contributed by atoms with van der Waals surface area (Å²) >= 11 is 6.18. The van der Waals surface area contributed by atoms with Gasteiger partial charge in [-0.3, -0.25) is 4.98 Å². The first-order chi connectivity index (χ1) is 9.49. The molecule has 1 aliphatic heterocycles. The molecule has 3 rings (SSSR count). The number of nitrogens with zero attached hydrogens (tertiary/aromatic N) is 1. The minimum atomic E-state index is -0.994. The zero-order chi connectivity index (χ0) is 14.4. The third kappa shape index (κ3) is 1.96. The minimum Gasteiger partial charge on any atom is -0.478 e. The molecular weight excluding hydrogens is 278 g/mol. The lowest BCUT2D eigenvalue weighted by Crippen LogP contribution is -2.26. The number of halogens is 1. The van der Waals surface area contributed by atoms with Gasteiger partial charge >= 0.3 is 5.97 Å². The van der Waals surface area contributed by atoms with E-state index >= 15 is 0 Å². The molecule has 2 atom stereocenters. The SMILES string of the molecule is CC1Cc2nc3cccc(Cl)c3c(C(=O)O)c2C(C)O1. The zero-order valence-electron chi connectivity index (χ0n) is 11.2. The van der Waals surface area contributed by atoms with E-state index in [1.54, 1.807) is 18.2 Å². The number of benzene rings is 1. The van der Waals surface area contributed by atoms with E-state index < -0.39 is 5.97 Å². The second kappa shape index (κ2) is 4.72. The van der Waals surface area contributed by atoms with Crippen LogP contribution in [0.1, 0.15) is 41.6 Å². The number of carboxylic acids is 1. The number of ether oxygens (including phenoxy) is 1. The van der Waals surface area contributed by atoms with E-state index in [0.717, 1.165) is 5.69 Å². The van der Waals surface area contributed by atoms with Gasteiger partial charge in [0.1, 0.15) is 0 Å². The number of pyridine rings is 1. The molecule has 0 amide bonds. The Morgan fingerprint density at radius 3 is 2.90 bits per heavy atom. The van der Waals surface area contributed by atoms with Gasteiger partial charge in [0.15, 0.2) is 0 Å². The van der Waals surface area contributed by atoms with Crippen molar-refractivity contribution in [3.63, 3.8) is 0 Å². The molecule has 0 saturated carbocycles. The van der Waals surface area contributed by atoms with Gasteiger partial charge in [0, 0.05) is 17.4 Å². The fourth-order valence-corrected chi connectivity index (χ4v) is 3.15. The molecule has 2 unspecified atom stereocenters. The van der Waals surface area contributed by atoms with Crippen LogP contribution >= 0.6 is 11.6 Å². The first-order valence-electron chi connectivity index (χ1n) is 6.48. The molecule has 5 heteroatoms. The largest absolute Gasteiger partial charge is 0.478 e. The minimum absolute atomic E-state index is 0.0308. The Kier molecular flexibility index (Phi) is 3.15. The second-order valence-corrected chi connectivity index (χ2v) is 5.49. The third-order valence-electron chi connectivity index (χ3n) is 3.61. The van der Waals surface area contributed by atoms with Crippen LogP contribution in [-0.2, 0) is 11.2 Å². The average molecular weight is 292 g/mol. The Bertz CT molecular complexity index is 714. The molecule has 0 saturated heterocycles. The lowest BCUT2D eigenvalue weighted by atomic mass is 9.92. The Labute approximate surface area is 121 Å². The molecule has 0 aliphatic carbocycles. The van der Waals surface area contributed by atoms with Crippen molar-refractivity contribution in [3.8, 4) is 0 Å². The Balaban J connectivity index is 2.44. The van der Waals surface area contributed by atoms with Crippen LogP contribution in [0.5, 0.6) is 0 Å². The maximum Gasteiger partial charge on any atom is 0.336 e. The Morgan fingerprint density at radius 2 is 2.20 bits per heavy atom. The lowest BCUT2D eigenvalue weighted by Gasteiger charge is -2.29. The number of hydrogen-bond donors (Lipinski definition) is 1. The second-order valence-electron chi connectivity index (χ2n) is 5.08. The summed E-state index contributed by atoms with van der Waals surface area (Å²) in [6, 6.07) is 5.25. The van der Waals surface area contributed by atoms with Crippen molar-refractivity contribution < 1.29 is 14.6 Å². The van der Waals surface area contributed by atoms with Crippen molar-refractivity contribution in [2.45, 2.75) is 32.5 Å². The summed E-state index contributed by atoms with van der Waals surface area (Å²) in [5.74, 6) is -0.994. The van der Waals surface area contributed by atoms with Crippen LogP contribution in [0, 0.1) is 0 Å². The number of aromatic carboxylic acids is 1. The summed E-state index contributed by atoms with van der Waals surface area (Å²) in [5.41, 5.74) is 2.28. The summed E-state index contributed by atoms with van der Waals surface area (Å²) in [6.07, 6.45) is 0.346. The van der Waals surface area contributed by atoms with Crippen molar-refractivity contribution in [2.24, 2.45) is 0 Å². The third-order valence-corrected chi connectivity index (χ3v) is 3.93. The Hall–Kier alpha value is -1.65. The van der Waals surface area contributed by atoms with Gasteiger partial charge in [-0.1, -0.05) is 17.7 Å². The van der Waals surface area contributed by atoms with E-state index in [0.29, 0.717) is 27.9 Å². The fraction of sp³-hybridized carbons (Fsp3) is 0.333. The first kappa shape index (κ1) is 13.3. The molecule has 1 aliphatic rings. The van der Waals surface area contributed by atoms with E-state index in [1.165, 1.54) is 0 Å². The summed E-state index contributed by atoms with van der Waals surface area (Å²) in [7, 11) is 0. The highest BCUT2D eigenvalue weighted by Crippen LogP contribution is 2.37. The van der Waals surface area contributed by atoms with E-state index in [9.17, 15) is 9.90 Å². The predicted molar refractivity (Wildman–Crippen MR) is 76.4 cm³/mol. The van der Waals surface area contributed by atoms with E-state index in [4.69, 9.17) is 16.3 Å². The number of hydrogen-bond acceptors (Lipinski definition) is 3. The van der Waals surface area contributed by atoms with Gasteiger partial charge in [0.2, 0.25) is 0 Å². The maximum absolute atomic E-state index is 11.7. The van der Waals surface area contributed by atoms with Crippen molar-refractivity contribution in [2.75, 3.05) is 0 Å². The van der Waals surface area contributed by atoms with Crippen LogP contribution in [0.2, 0.25) is 5.02 Å². The molecule has 2 heterocycles. The Morgan fingerprint density at radius 1 is 1.45 bits per heavy atom. The molecule has 4 nitrogen and oxygen atoms in total. The molecule has 2 aromatic rings. The summed E-state index contributed by atoms with van der Waals surface area (Å²) in [4.78, 5) is 16.3. The number of carbonyl (C=O) groups is 1. The van der Waals surface area contributed by atoms with Crippen LogP contribution in [0.4, 0.5) is 0 Å². The van der Waals surface area contributed by atoms with Crippen LogP contribution in [0.3, 0.4) is 0 Å². The molecule has 104 valence electrons. The zero-order valence-corrected chi connectivity index (χ0v) is 11.9. The van der Waals surface area contributed by atoms with Gasteiger partial charge in [0.25, 0.3) is 0 Å². The quantitative estimate of drug-likeness (QED) is 0.872. The molecule has 0 fully saturated rings. The standard InChI is InChI=1S/C15H14ClNO3/c1-7-6-11-12(8(2)20-7)14(15(18)19)13-9(16)4-3-5-10(13)17-11/h3-5,7-8H,6H2,1-2H3,(H,18,19). The number of rotatable bonds is 1. The van der Waals surface area contributed by atoms with Gasteiger partial charge < -0.3 is 9.84 Å². The van der Waals surface area contributed by atoms with Crippen LogP contribution in [-0.4, -0.2) is 22.2 Å². The van der Waals surface area contributed by atoms with E-state index in [1.807, 2.05) is 13.8 Å². The van der Waals surface area contributed by atoms with Crippen molar-refractivity contribution in [1.29, 1.82) is 0 Å². The highest BCUT2D eigenvalue weighted by atomic mass is 35.5. The normalized spacial score (nSPS) is 21.8. The van der Waals surface area contributed by atoms with Gasteiger partial charge in [0.05, 0.1) is 34.0 Å². The number of aromatic nitrogens is 1. The summed E-state index contributed by atoms with van der Waals surface area (Å²) in [5, 5.41) is 10.5. The number of fused-ring (bicyclic) bond motifs is 2. The maximum atomic E-state index is 11.7. The highest BCUT2D eigenvalue weighted by molar-refractivity contribution is 6.36. The lowest BCUT2D eigenvalue weighted by molar-refractivity contribution is -0.00661. The van der Waals surface area contributed by atoms with Gasteiger partial charge in [-0.15, -0.1) is 0 Å². The van der Waals surface area contributed by atoms with E-state index in [2.05, 4.69) is 4.98 Å². The van der Waals surface area contributed by atoms with Gasteiger partial charge in [-0.25, -0.2) is 4.79 Å². The molecule has 1 aromatic carbocycles. The predicted octanol–water partition coefficient (Wildman–Crippen LogP) is 3.61. The summed E-state index contributed by atoms with van der Waals surface area (Å²) < 4.78 is 5.75. The average Bonchev–Trinajstić information content (AvgIpc) is 2.36. The smallest absolute Gasteiger partial charge is 0.336 e. The molecule has 0 bridgehead atoms. The van der Waals surface area contributed by atoms with Gasteiger partial charge in [-0.05, 0) is 26.0 Å². The molecule has 20 heavy (non-hydrogen) atoms. The first-order valence-corrected chi connectivity index (χ1v) is 6.86. The molecule has 1 aromatic heterocycles. The van der Waals surface area contributed by atoms with Crippen molar-refractivity contribution in [1.82, 2.24) is 4.98 Å². The van der Waals surface area contributed by atoms with Crippen LogP contribution < -0.4 is 0 Å². The molecule has 1 N–H and O–H groups in total. The fourth-order valence-electron chi connectivity index (χ4n) is 2.89. The molecule has 0 spiro atoms. The highest BCUT2D eigenvalue weighted by Gasteiger charge is 2.30. The number of carboxylic acid groups (broad SMARTS) is 1. The molecular formula is C15H14ClNO3. The van der Waals surface area contributed by atoms with E-state index in [-0.39, 0.29) is 17.8 Å². The van der Waals surface area contributed by atoms with Crippen LogP contribution in [0.15, 0.2) is 18.2 Å². The van der Waals surface area contributed by atoms with Gasteiger partial charge in [-0.2, -0.15) is 0 Å². The summed E-state index contributed by atoms with van der Waals surface area (Å²) in [6.45, 7) is 3.81. The molecule has 0 radical (unpaired) electrons. The van der Waals surface area contributed by atoms with Crippen molar-refractivity contribution >= 4 is 28.5 Å². The van der Waals surface area contributed by atoms with Crippen LogP contribution in [0.25, 0.3) is 10.9 Å². The monoisotopic (exact) mass is 291 g/mol. The topological polar surface area (TPSA) is 59.4 Å².